The van der Waals surface area contributed by atoms with Crippen molar-refractivity contribution in [1.29, 1.82) is 0 Å². The number of fused-ring (bicyclic) bond motifs is 1. The van der Waals surface area contributed by atoms with E-state index in [1.54, 1.807) is 17.0 Å². The van der Waals surface area contributed by atoms with Gasteiger partial charge >= 0.3 is 0 Å². The fourth-order valence-electron chi connectivity index (χ4n) is 2.28. The summed E-state index contributed by atoms with van der Waals surface area (Å²) in [7, 11) is 0. The number of nitrogens with zero attached hydrogens (tertiary/aromatic N) is 1. The summed E-state index contributed by atoms with van der Waals surface area (Å²) in [5.41, 5.74) is 0.283. The highest BCUT2D eigenvalue weighted by Gasteiger charge is 2.18. The van der Waals surface area contributed by atoms with Crippen molar-refractivity contribution in [3.05, 3.63) is 42.0 Å². The number of phenolic OH excluding ortho intramolecular Hbond substituents is 1. The van der Waals surface area contributed by atoms with Crippen molar-refractivity contribution in [1.82, 2.24) is 4.90 Å². The molecule has 0 atom stereocenters. The van der Waals surface area contributed by atoms with Gasteiger partial charge in [0.1, 0.15) is 5.75 Å². The van der Waals surface area contributed by atoms with Crippen LogP contribution in [0.4, 0.5) is 0 Å². The van der Waals surface area contributed by atoms with Crippen molar-refractivity contribution >= 4 is 16.7 Å². The number of aliphatic hydroxyl groups excluding tert-OH is 1. The molecule has 0 unspecified atom stereocenters. The summed E-state index contributed by atoms with van der Waals surface area (Å²) in [6, 6.07) is 10.9. The first-order valence-corrected chi connectivity index (χ1v) is 6.79. The van der Waals surface area contributed by atoms with Crippen molar-refractivity contribution in [2.75, 3.05) is 19.7 Å². The lowest BCUT2D eigenvalue weighted by Gasteiger charge is -2.21. The van der Waals surface area contributed by atoms with Gasteiger partial charge in [0, 0.05) is 13.1 Å². The third-order valence-electron chi connectivity index (χ3n) is 3.25. The highest BCUT2D eigenvalue weighted by atomic mass is 16.3. The molecule has 0 spiro atoms. The number of hydrogen-bond donors (Lipinski definition) is 2. The van der Waals surface area contributed by atoms with E-state index in [9.17, 15) is 9.90 Å². The zero-order valence-electron chi connectivity index (χ0n) is 11.5. The normalized spacial score (nSPS) is 10.7. The lowest BCUT2D eigenvalue weighted by atomic mass is 10.0. The van der Waals surface area contributed by atoms with Crippen LogP contribution in [0.1, 0.15) is 23.7 Å². The number of benzene rings is 2. The maximum absolute atomic E-state index is 12.4. The van der Waals surface area contributed by atoms with Gasteiger partial charge in [-0.15, -0.1) is 0 Å². The molecule has 2 N–H and O–H groups in total. The van der Waals surface area contributed by atoms with E-state index in [-0.39, 0.29) is 30.4 Å². The summed E-state index contributed by atoms with van der Waals surface area (Å²) in [6.07, 6.45) is 0.806. The Morgan fingerprint density at radius 1 is 1.15 bits per heavy atom. The van der Waals surface area contributed by atoms with Gasteiger partial charge in [0.05, 0.1) is 12.2 Å². The van der Waals surface area contributed by atoms with E-state index >= 15 is 0 Å². The van der Waals surface area contributed by atoms with Crippen LogP contribution in [0.15, 0.2) is 36.4 Å². The van der Waals surface area contributed by atoms with Crippen LogP contribution < -0.4 is 0 Å². The first kappa shape index (κ1) is 14.3. The molecule has 4 nitrogen and oxygen atoms in total. The smallest absolute Gasteiger partial charge is 0.257 e. The minimum Gasteiger partial charge on any atom is -0.507 e. The van der Waals surface area contributed by atoms with Gasteiger partial charge in [-0.05, 0) is 29.3 Å². The van der Waals surface area contributed by atoms with E-state index in [2.05, 4.69) is 0 Å². The average Bonchev–Trinajstić information content (AvgIpc) is 2.45. The predicted molar refractivity (Wildman–Crippen MR) is 78.9 cm³/mol. The van der Waals surface area contributed by atoms with E-state index in [1.807, 2.05) is 31.2 Å². The largest absolute Gasteiger partial charge is 0.507 e. The SMILES string of the molecule is CCCN(CCO)C(=O)c1cc2ccccc2cc1O. The van der Waals surface area contributed by atoms with Crippen molar-refractivity contribution in [3.8, 4) is 5.75 Å². The zero-order valence-corrected chi connectivity index (χ0v) is 11.5. The van der Waals surface area contributed by atoms with E-state index in [4.69, 9.17) is 5.11 Å². The monoisotopic (exact) mass is 273 g/mol. The van der Waals surface area contributed by atoms with Crippen molar-refractivity contribution < 1.29 is 15.0 Å². The maximum atomic E-state index is 12.4. The molecule has 0 aliphatic rings. The summed E-state index contributed by atoms with van der Waals surface area (Å²) in [5, 5.41) is 20.9. The molecule has 0 fully saturated rings. The van der Waals surface area contributed by atoms with E-state index in [0.717, 1.165) is 17.2 Å². The highest BCUT2D eigenvalue weighted by molar-refractivity contribution is 6.01. The van der Waals surface area contributed by atoms with Crippen LogP contribution in [0.5, 0.6) is 5.75 Å². The molecule has 0 aromatic heterocycles. The van der Waals surface area contributed by atoms with E-state index in [0.29, 0.717) is 6.54 Å². The number of carbonyl (C=O) groups is 1. The van der Waals surface area contributed by atoms with Gasteiger partial charge in [-0.2, -0.15) is 0 Å². The number of carbonyl (C=O) groups excluding carboxylic acids is 1. The minimum atomic E-state index is -0.246. The summed E-state index contributed by atoms with van der Waals surface area (Å²) < 4.78 is 0. The zero-order chi connectivity index (χ0) is 14.5. The molecule has 106 valence electrons. The molecule has 2 rings (SSSR count). The van der Waals surface area contributed by atoms with E-state index in [1.165, 1.54) is 0 Å². The Bertz CT molecular complexity index is 604. The fourth-order valence-corrected chi connectivity index (χ4v) is 2.28. The number of aromatic hydroxyl groups is 1. The van der Waals surface area contributed by atoms with Gasteiger partial charge in [0.2, 0.25) is 0 Å². The molecular weight excluding hydrogens is 254 g/mol. The first-order chi connectivity index (χ1) is 9.67. The molecule has 1 amide bonds. The topological polar surface area (TPSA) is 60.8 Å². The molecule has 0 radical (unpaired) electrons. The number of amides is 1. The Kier molecular flexibility index (Phi) is 4.58. The Hall–Kier alpha value is -2.07. The summed E-state index contributed by atoms with van der Waals surface area (Å²) in [5.74, 6) is -0.267. The van der Waals surface area contributed by atoms with Crippen LogP contribution >= 0.6 is 0 Å². The molecule has 20 heavy (non-hydrogen) atoms. The molecule has 0 bridgehead atoms. The van der Waals surface area contributed by atoms with Crippen LogP contribution in [0.2, 0.25) is 0 Å². The molecular formula is C16H19NO3. The van der Waals surface area contributed by atoms with Gasteiger partial charge in [0.15, 0.2) is 0 Å². The standard InChI is InChI=1S/C16H19NO3/c1-2-7-17(8-9-18)16(20)14-10-12-5-3-4-6-13(12)11-15(14)19/h3-6,10-11,18-19H,2,7-9H2,1H3. The lowest BCUT2D eigenvalue weighted by Crippen LogP contribution is -2.34. The van der Waals surface area contributed by atoms with Gasteiger partial charge in [0.25, 0.3) is 5.91 Å². The van der Waals surface area contributed by atoms with Crippen LogP contribution in [0.25, 0.3) is 10.8 Å². The highest BCUT2D eigenvalue weighted by Crippen LogP contribution is 2.26. The van der Waals surface area contributed by atoms with Crippen LogP contribution in [-0.2, 0) is 0 Å². The number of rotatable bonds is 5. The van der Waals surface area contributed by atoms with Gasteiger partial charge in [-0.1, -0.05) is 31.2 Å². The first-order valence-electron chi connectivity index (χ1n) is 6.79. The molecule has 0 saturated heterocycles. The van der Waals surface area contributed by atoms with Crippen molar-refractivity contribution in [2.24, 2.45) is 0 Å². The van der Waals surface area contributed by atoms with Crippen molar-refractivity contribution in [3.63, 3.8) is 0 Å². The van der Waals surface area contributed by atoms with Gasteiger partial charge < -0.3 is 15.1 Å². The number of hydrogen-bond acceptors (Lipinski definition) is 3. The Balaban J connectivity index is 2.39. The molecule has 2 aromatic carbocycles. The summed E-state index contributed by atoms with van der Waals surface area (Å²) in [4.78, 5) is 14.0. The molecule has 0 aliphatic heterocycles. The average molecular weight is 273 g/mol. The third kappa shape index (κ3) is 2.91. The summed E-state index contributed by atoms with van der Waals surface area (Å²) in [6.45, 7) is 2.72. The van der Waals surface area contributed by atoms with Gasteiger partial charge in [-0.3, -0.25) is 4.79 Å². The van der Waals surface area contributed by atoms with Crippen LogP contribution in [0, 0.1) is 0 Å². The number of phenols is 1. The van der Waals surface area contributed by atoms with Crippen LogP contribution in [0.3, 0.4) is 0 Å². The lowest BCUT2D eigenvalue weighted by molar-refractivity contribution is 0.0719. The molecule has 2 aromatic rings. The number of aliphatic hydroxyl groups is 1. The Morgan fingerprint density at radius 2 is 1.80 bits per heavy atom. The third-order valence-corrected chi connectivity index (χ3v) is 3.25. The maximum Gasteiger partial charge on any atom is 0.257 e. The second kappa shape index (κ2) is 6.39. The quantitative estimate of drug-likeness (QED) is 0.879. The summed E-state index contributed by atoms with van der Waals surface area (Å²) >= 11 is 0. The minimum absolute atomic E-state index is 0.0206. The second-order valence-corrected chi connectivity index (χ2v) is 4.73. The second-order valence-electron chi connectivity index (χ2n) is 4.73. The van der Waals surface area contributed by atoms with E-state index < -0.39 is 0 Å². The fraction of sp³-hybridized carbons (Fsp3) is 0.312. The molecule has 4 heteroatoms. The van der Waals surface area contributed by atoms with Crippen LogP contribution in [-0.4, -0.2) is 40.7 Å². The predicted octanol–water partition coefficient (Wildman–Crippen LogP) is 2.39. The molecule has 0 heterocycles. The Labute approximate surface area is 118 Å². The van der Waals surface area contributed by atoms with Crippen molar-refractivity contribution in [2.45, 2.75) is 13.3 Å². The van der Waals surface area contributed by atoms with Gasteiger partial charge in [-0.25, -0.2) is 0 Å². The Morgan fingerprint density at radius 3 is 2.40 bits per heavy atom. The molecule has 0 saturated carbocycles. The molecule has 0 aliphatic carbocycles.